The van der Waals surface area contributed by atoms with E-state index in [-0.39, 0.29) is 15.1 Å². The zero-order chi connectivity index (χ0) is 9.07. The lowest BCUT2D eigenvalue weighted by atomic mass is 10.1. The third-order valence-corrected chi connectivity index (χ3v) is 2.14. The highest BCUT2D eigenvalue weighted by atomic mass is 79.9. The molecule has 0 rings (SSSR count). The minimum atomic E-state index is -0.225. The van der Waals surface area contributed by atoms with Crippen LogP contribution < -0.4 is 0 Å². The van der Waals surface area contributed by atoms with Crippen LogP contribution in [0.4, 0.5) is 0 Å². The number of carbonyl (C=O) groups excluding carboxylic acids is 1. The summed E-state index contributed by atoms with van der Waals surface area (Å²) >= 11 is 6.67. The van der Waals surface area contributed by atoms with Gasteiger partial charge in [-0.1, -0.05) is 45.7 Å². The van der Waals surface area contributed by atoms with Gasteiger partial charge in [0.15, 0.2) is 0 Å². The Labute approximate surface area is 83.9 Å². The second-order valence-electron chi connectivity index (χ2n) is 2.91. The third kappa shape index (κ3) is 5.67. The van der Waals surface area contributed by atoms with E-state index in [0.29, 0.717) is 6.42 Å². The van der Waals surface area contributed by atoms with E-state index >= 15 is 0 Å². The Kier molecular flexibility index (Phi) is 4.63. The van der Waals surface area contributed by atoms with Crippen LogP contribution in [0.25, 0.3) is 0 Å². The standard InChI is InChI=1S/C7H12Br2O2/c1-7(2,9)4-5(8)6(10)11-3/h5H,4H2,1-3H3/t5-/m0/s1. The summed E-state index contributed by atoms with van der Waals surface area (Å²) in [6, 6.07) is 0. The maximum atomic E-state index is 10.9. The molecule has 0 aromatic heterocycles. The monoisotopic (exact) mass is 286 g/mol. The Bertz CT molecular complexity index is 140. The van der Waals surface area contributed by atoms with Crippen molar-refractivity contribution in [1.82, 2.24) is 0 Å². The molecule has 0 aliphatic carbocycles. The second-order valence-corrected chi connectivity index (χ2v) is 6.17. The normalized spacial score (nSPS) is 14.3. The first-order valence-corrected chi connectivity index (χ1v) is 4.98. The number of ether oxygens (including phenoxy) is 1. The summed E-state index contributed by atoms with van der Waals surface area (Å²) in [4.78, 5) is 10.7. The van der Waals surface area contributed by atoms with E-state index in [1.54, 1.807) is 0 Å². The van der Waals surface area contributed by atoms with Gasteiger partial charge in [-0.15, -0.1) is 0 Å². The molecule has 0 N–H and O–H groups in total. The Morgan fingerprint density at radius 2 is 2.09 bits per heavy atom. The molecule has 0 bridgehead atoms. The predicted octanol–water partition coefficient (Wildman–Crippen LogP) is 2.49. The first-order chi connectivity index (χ1) is 4.87. The van der Waals surface area contributed by atoms with E-state index in [2.05, 4.69) is 36.6 Å². The van der Waals surface area contributed by atoms with E-state index in [9.17, 15) is 4.79 Å². The molecule has 0 unspecified atom stereocenters. The number of hydrogen-bond donors (Lipinski definition) is 0. The highest BCUT2D eigenvalue weighted by molar-refractivity contribution is 9.10. The number of carbonyl (C=O) groups is 1. The molecule has 0 fully saturated rings. The van der Waals surface area contributed by atoms with Crippen molar-refractivity contribution in [3.63, 3.8) is 0 Å². The van der Waals surface area contributed by atoms with Crippen molar-refractivity contribution in [2.24, 2.45) is 0 Å². The lowest BCUT2D eigenvalue weighted by molar-refractivity contribution is -0.140. The molecule has 0 amide bonds. The Balaban J connectivity index is 3.87. The molecule has 0 saturated heterocycles. The average Bonchev–Trinajstić information content (AvgIpc) is 1.82. The van der Waals surface area contributed by atoms with Crippen LogP contribution in [0.2, 0.25) is 0 Å². The highest BCUT2D eigenvalue weighted by Crippen LogP contribution is 2.25. The van der Waals surface area contributed by atoms with Crippen LogP contribution in [0.1, 0.15) is 20.3 Å². The molecular weight excluding hydrogens is 276 g/mol. The fourth-order valence-corrected chi connectivity index (χ4v) is 2.39. The van der Waals surface area contributed by atoms with E-state index in [4.69, 9.17) is 0 Å². The SMILES string of the molecule is COC(=O)[C@@H](Br)CC(C)(C)Br. The summed E-state index contributed by atoms with van der Waals surface area (Å²) in [6.45, 7) is 4.01. The van der Waals surface area contributed by atoms with Gasteiger partial charge < -0.3 is 4.74 Å². The van der Waals surface area contributed by atoms with Crippen molar-refractivity contribution in [3.8, 4) is 0 Å². The lowest BCUT2D eigenvalue weighted by Crippen LogP contribution is -2.24. The van der Waals surface area contributed by atoms with Crippen molar-refractivity contribution in [2.45, 2.75) is 29.4 Å². The van der Waals surface area contributed by atoms with Gasteiger partial charge in [-0.3, -0.25) is 4.79 Å². The first-order valence-electron chi connectivity index (χ1n) is 3.27. The zero-order valence-electron chi connectivity index (χ0n) is 6.86. The van der Waals surface area contributed by atoms with E-state index < -0.39 is 0 Å². The topological polar surface area (TPSA) is 26.3 Å². The Hall–Kier alpha value is 0.430. The molecule has 0 radical (unpaired) electrons. The summed E-state index contributed by atoms with van der Waals surface area (Å²) < 4.78 is 4.52. The molecule has 0 saturated carbocycles. The van der Waals surface area contributed by atoms with Crippen LogP contribution in [0.3, 0.4) is 0 Å². The summed E-state index contributed by atoms with van der Waals surface area (Å²) in [6.07, 6.45) is 0.708. The molecule has 2 nitrogen and oxygen atoms in total. The minimum absolute atomic E-state index is 0.0324. The van der Waals surface area contributed by atoms with Crippen LogP contribution in [-0.4, -0.2) is 22.2 Å². The largest absolute Gasteiger partial charge is 0.468 e. The quantitative estimate of drug-likeness (QED) is 0.589. The smallest absolute Gasteiger partial charge is 0.319 e. The molecule has 0 heterocycles. The van der Waals surface area contributed by atoms with Crippen LogP contribution in [0.15, 0.2) is 0 Å². The number of halogens is 2. The highest BCUT2D eigenvalue weighted by Gasteiger charge is 2.23. The van der Waals surface area contributed by atoms with Crippen molar-refractivity contribution in [2.75, 3.05) is 7.11 Å². The molecule has 0 aromatic carbocycles. The molecular formula is C7H12Br2O2. The second kappa shape index (κ2) is 4.45. The molecule has 0 aromatic rings. The van der Waals surface area contributed by atoms with Crippen LogP contribution >= 0.6 is 31.9 Å². The number of esters is 1. The van der Waals surface area contributed by atoms with Gasteiger partial charge >= 0.3 is 5.97 Å². The first kappa shape index (κ1) is 11.4. The van der Waals surface area contributed by atoms with Crippen molar-refractivity contribution < 1.29 is 9.53 Å². The molecule has 11 heavy (non-hydrogen) atoms. The molecule has 66 valence electrons. The van der Waals surface area contributed by atoms with Gasteiger partial charge in [0.2, 0.25) is 0 Å². The summed E-state index contributed by atoms with van der Waals surface area (Å²) in [5.41, 5.74) is 0. The van der Waals surface area contributed by atoms with Crippen molar-refractivity contribution in [3.05, 3.63) is 0 Å². The summed E-state index contributed by atoms with van der Waals surface area (Å²) in [5, 5.41) is 0. The van der Waals surface area contributed by atoms with Gasteiger partial charge in [0, 0.05) is 4.32 Å². The number of rotatable bonds is 3. The molecule has 0 spiro atoms. The van der Waals surface area contributed by atoms with Gasteiger partial charge in [-0.2, -0.15) is 0 Å². The fourth-order valence-electron chi connectivity index (χ4n) is 0.637. The van der Waals surface area contributed by atoms with E-state index in [1.165, 1.54) is 7.11 Å². The Morgan fingerprint density at radius 1 is 1.64 bits per heavy atom. The number of hydrogen-bond acceptors (Lipinski definition) is 2. The minimum Gasteiger partial charge on any atom is -0.468 e. The average molecular weight is 288 g/mol. The fraction of sp³-hybridized carbons (Fsp3) is 0.857. The van der Waals surface area contributed by atoms with Gasteiger partial charge in [0.1, 0.15) is 4.83 Å². The van der Waals surface area contributed by atoms with E-state index in [1.807, 2.05) is 13.8 Å². The van der Waals surface area contributed by atoms with Crippen molar-refractivity contribution in [1.29, 1.82) is 0 Å². The lowest BCUT2D eigenvalue weighted by Gasteiger charge is -2.18. The van der Waals surface area contributed by atoms with Crippen molar-refractivity contribution >= 4 is 37.8 Å². The molecule has 0 aliphatic heterocycles. The maximum Gasteiger partial charge on any atom is 0.319 e. The molecule has 4 heteroatoms. The molecule has 0 aliphatic rings. The van der Waals surface area contributed by atoms with Gasteiger partial charge in [-0.25, -0.2) is 0 Å². The summed E-state index contributed by atoms with van der Waals surface area (Å²) in [5.74, 6) is -0.225. The summed E-state index contributed by atoms with van der Waals surface area (Å²) in [7, 11) is 1.39. The predicted molar refractivity (Wildman–Crippen MR) is 52.4 cm³/mol. The number of methoxy groups -OCH3 is 1. The van der Waals surface area contributed by atoms with Crippen LogP contribution in [0, 0.1) is 0 Å². The Morgan fingerprint density at radius 3 is 2.36 bits per heavy atom. The van der Waals surface area contributed by atoms with Gasteiger partial charge in [0.25, 0.3) is 0 Å². The van der Waals surface area contributed by atoms with Gasteiger partial charge in [-0.05, 0) is 6.42 Å². The van der Waals surface area contributed by atoms with E-state index in [0.717, 1.165) is 0 Å². The third-order valence-electron chi connectivity index (χ3n) is 1.12. The maximum absolute atomic E-state index is 10.9. The molecule has 1 atom stereocenters. The zero-order valence-corrected chi connectivity index (χ0v) is 10.0. The van der Waals surface area contributed by atoms with Crippen LogP contribution in [0.5, 0.6) is 0 Å². The van der Waals surface area contributed by atoms with Crippen LogP contribution in [-0.2, 0) is 9.53 Å². The number of alkyl halides is 2. The van der Waals surface area contributed by atoms with Gasteiger partial charge in [0.05, 0.1) is 7.11 Å².